The Morgan fingerprint density at radius 2 is 2.03 bits per heavy atom. The van der Waals surface area contributed by atoms with E-state index in [9.17, 15) is 9.59 Å². The number of aromatic amines is 1. The van der Waals surface area contributed by atoms with Gasteiger partial charge in [0.2, 0.25) is 11.8 Å². The summed E-state index contributed by atoms with van der Waals surface area (Å²) in [5.41, 5.74) is 4.29. The van der Waals surface area contributed by atoms with E-state index in [1.54, 1.807) is 10.7 Å². The lowest BCUT2D eigenvalue weighted by Crippen LogP contribution is -2.44. The van der Waals surface area contributed by atoms with Gasteiger partial charge in [-0.1, -0.05) is 18.2 Å². The lowest BCUT2D eigenvalue weighted by atomic mass is 10.0. The molecular formula is C21H21N7O2. The zero-order chi connectivity index (χ0) is 21.1. The van der Waals surface area contributed by atoms with Crippen LogP contribution in [0.4, 0.5) is 5.69 Å². The zero-order valence-corrected chi connectivity index (χ0v) is 16.6. The SMILES string of the molecule is CC(=O)NC(Cc1c[nH]c2ccccc12)C(=O)Nc1ccc(-n2cnnn2)c(C)c1. The van der Waals surface area contributed by atoms with Crippen molar-refractivity contribution in [3.05, 3.63) is 66.1 Å². The highest BCUT2D eigenvalue weighted by atomic mass is 16.2. The average Bonchev–Trinajstić information content (AvgIpc) is 3.38. The zero-order valence-electron chi connectivity index (χ0n) is 16.6. The van der Waals surface area contributed by atoms with Crippen LogP contribution in [0.25, 0.3) is 16.6 Å². The van der Waals surface area contributed by atoms with Gasteiger partial charge in [-0.05, 0) is 52.7 Å². The first-order chi connectivity index (χ1) is 14.5. The first-order valence-electron chi connectivity index (χ1n) is 9.48. The lowest BCUT2D eigenvalue weighted by molar-refractivity contribution is -0.125. The molecule has 2 aromatic carbocycles. The number of carbonyl (C=O) groups is 2. The monoisotopic (exact) mass is 403 g/mol. The van der Waals surface area contributed by atoms with Crippen molar-refractivity contribution < 1.29 is 9.59 Å². The van der Waals surface area contributed by atoms with E-state index in [2.05, 4.69) is 31.1 Å². The Balaban J connectivity index is 1.54. The third-order valence-corrected chi connectivity index (χ3v) is 4.85. The second-order valence-electron chi connectivity index (χ2n) is 7.06. The molecule has 2 amide bonds. The van der Waals surface area contributed by atoms with E-state index in [0.717, 1.165) is 27.7 Å². The summed E-state index contributed by atoms with van der Waals surface area (Å²) in [4.78, 5) is 27.9. The summed E-state index contributed by atoms with van der Waals surface area (Å²) in [7, 11) is 0. The molecule has 0 bridgehead atoms. The molecule has 2 aromatic heterocycles. The number of amides is 2. The fraction of sp³-hybridized carbons (Fsp3) is 0.190. The minimum atomic E-state index is -0.707. The van der Waals surface area contributed by atoms with Crippen LogP contribution in [-0.2, 0) is 16.0 Å². The van der Waals surface area contributed by atoms with Crippen molar-refractivity contribution in [3.63, 3.8) is 0 Å². The summed E-state index contributed by atoms with van der Waals surface area (Å²) in [6, 6.07) is 12.6. The summed E-state index contributed by atoms with van der Waals surface area (Å²) in [6.07, 6.45) is 3.75. The molecule has 0 aliphatic rings. The average molecular weight is 403 g/mol. The number of nitrogens with zero attached hydrogens (tertiary/aromatic N) is 4. The van der Waals surface area contributed by atoms with E-state index in [4.69, 9.17) is 0 Å². The number of anilines is 1. The first-order valence-corrected chi connectivity index (χ1v) is 9.48. The molecule has 0 aliphatic heterocycles. The van der Waals surface area contributed by atoms with E-state index in [0.29, 0.717) is 12.1 Å². The Bertz CT molecular complexity index is 1200. The lowest BCUT2D eigenvalue weighted by Gasteiger charge is -2.18. The van der Waals surface area contributed by atoms with Gasteiger partial charge < -0.3 is 15.6 Å². The summed E-state index contributed by atoms with van der Waals surface area (Å²) in [5, 5.41) is 17.8. The molecule has 152 valence electrons. The van der Waals surface area contributed by atoms with Crippen LogP contribution >= 0.6 is 0 Å². The number of hydrogen-bond acceptors (Lipinski definition) is 5. The molecule has 4 aromatic rings. The van der Waals surface area contributed by atoms with Crippen LogP contribution < -0.4 is 10.6 Å². The fourth-order valence-electron chi connectivity index (χ4n) is 3.47. The Kier molecular flexibility index (Phi) is 5.25. The Morgan fingerprint density at radius 3 is 2.77 bits per heavy atom. The fourth-order valence-corrected chi connectivity index (χ4v) is 3.47. The van der Waals surface area contributed by atoms with E-state index in [-0.39, 0.29) is 11.8 Å². The largest absolute Gasteiger partial charge is 0.361 e. The topological polar surface area (TPSA) is 118 Å². The van der Waals surface area contributed by atoms with Crippen LogP contribution in [0.15, 0.2) is 55.0 Å². The summed E-state index contributed by atoms with van der Waals surface area (Å²) in [5.74, 6) is -0.551. The number of H-pyrrole nitrogens is 1. The quantitative estimate of drug-likeness (QED) is 0.456. The molecule has 30 heavy (non-hydrogen) atoms. The highest BCUT2D eigenvalue weighted by molar-refractivity contribution is 5.97. The van der Waals surface area contributed by atoms with Gasteiger partial charge in [0, 0.05) is 36.1 Å². The van der Waals surface area contributed by atoms with Crippen molar-refractivity contribution in [3.8, 4) is 5.69 Å². The van der Waals surface area contributed by atoms with E-state index in [1.165, 1.54) is 13.3 Å². The minimum absolute atomic E-state index is 0.264. The van der Waals surface area contributed by atoms with E-state index in [1.807, 2.05) is 49.5 Å². The number of fused-ring (bicyclic) bond motifs is 1. The number of para-hydroxylation sites is 1. The standard InChI is InChI=1S/C21H21N7O2/c1-13-9-16(7-8-20(13)28-12-23-26-27-28)25-21(30)19(24-14(2)29)10-15-11-22-18-6-4-3-5-17(15)18/h3-9,11-12,19,22H,10H2,1-2H3,(H,24,29)(H,25,30). The second kappa shape index (κ2) is 8.16. The molecular weight excluding hydrogens is 382 g/mol. The van der Waals surface area contributed by atoms with Gasteiger partial charge in [-0.2, -0.15) is 0 Å². The molecule has 0 spiro atoms. The molecule has 0 radical (unpaired) electrons. The van der Waals surface area contributed by atoms with Crippen LogP contribution in [0.5, 0.6) is 0 Å². The molecule has 9 nitrogen and oxygen atoms in total. The molecule has 0 saturated heterocycles. The maximum absolute atomic E-state index is 13.0. The van der Waals surface area contributed by atoms with Crippen LogP contribution in [0.3, 0.4) is 0 Å². The summed E-state index contributed by atoms with van der Waals surface area (Å²) >= 11 is 0. The number of hydrogen-bond donors (Lipinski definition) is 3. The van der Waals surface area contributed by atoms with Gasteiger partial charge >= 0.3 is 0 Å². The van der Waals surface area contributed by atoms with Gasteiger partial charge in [-0.25, -0.2) is 4.68 Å². The molecule has 0 aliphatic carbocycles. The maximum Gasteiger partial charge on any atom is 0.247 e. The second-order valence-corrected chi connectivity index (χ2v) is 7.06. The van der Waals surface area contributed by atoms with Crippen molar-refractivity contribution in [1.29, 1.82) is 0 Å². The number of benzene rings is 2. The smallest absolute Gasteiger partial charge is 0.247 e. The molecule has 1 unspecified atom stereocenters. The van der Waals surface area contributed by atoms with Gasteiger partial charge in [0.05, 0.1) is 5.69 Å². The molecule has 0 saturated carbocycles. The van der Waals surface area contributed by atoms with Gasteiger partial charge in [-0.3, -0.25) is 9.59 Å². The van der Waals surface area contributed by atoms with E-state index >= 15 is 0 Å². The van der Waals surface area contributed by atoms with Crippen molar-refractivity contribution in [2.75, 3.05) is 5.32 Å². The van der Waals surface area contributed by atoms with Gasteiger partial charge in [0.15, 0.2) is 0 Å². The van der Waals surface area contributed by atoms with Crippen LogP contribution in [0.2, 0.25) is 0 Å². The predicted molar refractivity (Wildman–Crippen MR) is 112 cm³/mol. The predicted octanol–water partition coefficient (Wildman–Crippen LogP) is 2.14. The number of carbonyl (C=O) groups excluding carboxylic acids is 2. The van der Waals surface area contributed by atoms with Crippen LogP contribution in [0, 0.1) is 6.92 Å². The van der Waals surface area contributed by atoms with Crippen LogP contribution in [0.1, 0.15) is 18.1 Å². The number of aryl methyl sites for hydroxylation is 1. The molecule has 3 N–H and O–H groups in total. The summed E-state index contributed by atoms with van der Waals surface area (Å²) in [6.45, 7) is 3.31. The third-order valence-electron chi connectivity index (χ3n) is 4.85. The molecule has 0 fully saturated rings. The van der Waals surface area contributed by atoms with Crippen molar-refractivity contribution in [2.45, 2.75) is 26.3 Å². The number of nitrogens with one attached hydrogen (secondary N) is 3. The Labute approximate surface area is 172 Å². The molecule has 2 heterocycles. The normalized spacial score (nSPS) is 11.9. The Morgan fingerprint density at radius 1 is 1.20 bits per heavy atom. The Hall–Kier alpha value is -4.01. The van der Waals surface area contributed by atoms with Gasteiger partial charge in [-0.15, -0.1) is 5.10 Å². The minimum Gasteiger partial charge on any atom is -0.361 e. The number of rotatable bonds is 6. The van der Waals surface area contributed by atoms with Gasteiger partial charge in [0.25, 0.3) is 0 Å². The first kappa shape index (κ1) is 19.3. The maximum atomic E-state index is 13.0. The molecule has 9 heteroatoms. The van der Waals surface area contributed by atoms with Gasteiger partial charge in [0.1, 0.15) is 12.4 Å². The summed E-state index contributed by atoms with van der Waals surface area (Å²) < 4.78 is 1.55. The highest BCUT2D eigenvalue weighted by Crippen LogP contribution is 2.21. The van der Waals surface area contributed by atoms with Crippen molar-refractivity contribution in [1.82, 2.24) is 30.5 Å². The van der Waals surface area contributed by atoms with Crippen molar-refractivity contribution in [2.24, 2.45) is 0 Å². The third kappa shape index (κ3) is 4.04. The number of aromatic nitrogens is 5. The highest BCUT2D eigenvalue weighted by Gasteiger charge is 2.22. The molecule has 1 atom stereocenters. The molecule has 4 rings (SSSR count). The number of tetrazole rings is 1. The van der Waals surface area contributed by atoms with Crippen LogP contribution in [-0.4, -0.2) is 43.0 Å². The van der Waals surface area contributed by atoms with Crippen molar-refractivity contribution >= 4 is 28.4 Å². The van der Waals surface area contributed by atoms with E-state index < -0.39 is 6.04 Å².